The van der Waals surface area contributed by atoms with E-state index in [1.54, 1.807) is 0 Å². The molecule has 0 saturated carbocycles. The highest BCUT2D eigenvalue weighted by atomic mass is 19.2. The number of aromatic amines is 1. The lowest BCUT2D eigenvalue weighted by Gasteiger charge is -2.00. The highest BCUT2D eigenvalue weighted by Gasteiger charge is 2.13. The summed E-state index contributed by atoms with van der Waals surface area (Å²) >= 11 is 0. The monoisotopic (exact) mass is 244 g/mol. The maximum atomic E-state index is 13.6. The first-order valence-electron chi connectivity index (χ1n) is 5.56. The van der Waals surface area contributed by atoms with E-state index in [2.05, 4.69) is 9.97 Å². The molecule has 0 aliphatic heterocycles. The molecule has 18 heavy (non-hydrogen) atoms. The van der Waals surface area contributed by atoms with E-state index in [-0.39, 0.29) is 5.52 Å². The molecular formula is C14H10F2N2. The zero-order valence-electron chi connectivity index (χ0n) is 9.67. The first kappa shape index (κ1) is 10.9. The van der Waals surface area contributed by atoms with E-state index in [4.69, 9.17) is 0 Å². The molecule has 1 heterocycles. The van der Waals surface area contributed by atoms with Crippen LogP contribution in [0, 0.1) is 18.6 Å². The molecular weight excluding hydrogens is 234 g/mol. The molecule has 0 fully saturated rings. The Morgan fingerprint density at radius 2 is 1.83 bits per heavy atom. The zero-order valence-corrected chi connectivity index (χ0v) is 9.67. The Kier molecular flexibility index (Phi) is 2.37. The minimum Gasteiger partial charge on any atom is -0.338 e. The van der Waals surface area contributed by atoms with Crippen molar-refractivity contribution < 1.29 is 8.78 Å². The van der Waals surface area contributed by atoms with Gasteiger partial charge in [0.1, 0.15) is 11.3 Å². The fourth-order valence-electron chi connectivity index (χ4n) is 1.98. The Labute approximate surface area is 102 Å². The molecule has 3 rings (SSSR count). The van der Waals surface area contributed by atoms with Crippen molar-refractivity contribution in [2.75, 3.05) is 0 Å². The van der Waals surface area contributed by atoms with Gasteiger partial charge in [-0.2, -0.15) is 0 Å². The van der Waals surface area contributed by atoms with Gasteiger partial charge in [-0.3, -0.25) is 0 Å². The molecule has 3 aromatic rings. The molecule has 4 heteroatoms. The predicted octanol–water partition coefficient (Wildman–Crippen LogP) is 3.82. The van der Waals surface area contributed by atoms with Gasteiger partial charge in [0.25, 0.3) is 0 Å². The summed E-state index contributed by atoms with van der Waals surface area (Å²) in [6, 6.07) is 10.2. The Bertz CT molecular complexity index is 732. The summed E-state index contributed by atoms with van der Waals surface area (Å²) in [6.07, 6.45) is 0. The van der Waals surface area contributed by atoms with E-state index in [0.717, 1.165) is 17.2 Å². The highest BCUT2D eigenvalue weighted by molar-refractivity contribution is 5.80. The number of H-pyrrole nitrogens is 1. The molecule has 1 aromatic heterocycles. The Morgan fingerprint density at radius 3 is 2.61 bits per heavy atom. The maximum absolute atomic E-state index is 13.6. The maximum Gasteiger partial charge on any atom is 0.186 e. The third-order valence-corrected chi connectivity index (χ3v) is 2.95. The zero-order chi connectivity index (χ0) is 12.7. The molecule has 0 aliphatic carbocycles. The van der Waals surface area contributed by atoms with Crippen molar-refractivity contribution in [1.82, 2.24) is 9.97 Å². The topological polar surface area (TPSA) is 28.7 Å². The number of aryl methyl sites for hydroxylation is 1. The van der Waals surface area contributed by atoms with Gasteiger partial charge in [0, 0.05) is 5.56 Å². The van der Waals surface area contributed by atoms with E-state index in [1.165, 1.54) is 6.07 Å². The van der Waals surface area contributed by atoms with Crippen LogP contribution in [-0.2, 0) is 0 Å². The van der Waals surface area contributed by atoms with Gasteiger partial charge in [-0.05, 0) is 24.6 Å². The van der Waals surface area contributed by atoms with Crippen LogP contribution in [0.3, 0.4) is 0 Å². The van der Waals surface area contributed by atoms with Crippen molar-refractivity contribution in [2.45, 2.75) is 6.92 Å². The highest BCUT2D eigenvalue weighted by Crippen LogP contribution is 2.25. The second kappa shape index (κ2) is 3.91. The Hall–Kier alpha value is -2.23. The van der Waals surface area contributed by atoms with E-state index in [0.29, 0.717) is 11.3 Å². The molecule has 2 nitrogen and oxygen atoms in total. The van der Waals surface area contributed by atoms with Crippen LogP contribution in [0.1, 0.15) is 5.56 Å². The van der Waals surface area contributed by atoms with Crippen LogP contribution in [0.25, 0.3) is 22.4 Å². The van der Waals surface area contributed by atoms with Crippen molar-refractivity contribution in [3.05, 3.63) is 53.6 Å². The van der Waals surface area contributed by atoms with Gasteiger partial charge in [0.15, 0.2) is 11.6 Å². The number of fused-ring (bicyclic) bond motifs is 1. The summed E-state index contributed by atoms with van der Waals surface area (Å²) in [7, 11) is 0. The van der Waals surface area contributed by atoms with Crippen LogP contribution < -0.4 is 0 Å². The van der Waals surface area contributed by atoms with Gasteiger partial charge in [-0.1, -0.05) is 24.3 Å². The summed E-state index contributed by atoms with van der Waals surface area (Å²) in [6.45, 7) is 1.94. The van der Waals surface area contributed by atoms with E-state index < -0.39 is 11.6 Å². The molecule has 0 saturated heterocycles. The van der Waals surface area contributed by atoms with Crippen molar-refractivity contribution in [3.63, 3.8) is 0 Å². The first-order valence-corrected chi connectivity index (χ1v) is 5.56. The van der Waals surface area contributed by atoms with Crippen LogP contribution in [0.2, 0.25) is 0 Å². The predicted molar refractivity (Wildman–Crippen MR) is 66.2 cm³/mol. The van der Waals surface area contributed by atoms with Crippen molar-refractivity contribution in [2.24, 2.45) is 0 Å². The number of halogens is 2. The number of rotatable bonds is 1. The van der Waals surface area contributed by atoms with Crippen LogP contribution >= 0.6 is 0 Å². The SMILES string of the molecule is Cc1ccccc1-c1nc2c(F)c(F)ccc2[nH]1. The number of nitrogens with one attached hydrogen (secondary N) is 1. The second-order valence-corrected chi connectivity index (χ2v) is 4.16. The molecule has 0 bridgehead atoms. The molecule has 90 valence electrons. The molecule has 0 aliphatic rings. The fraction of sp³-hybridized carbons (Fsp3) is 0.0714. The number of benzene rings is 2. The molecule has 0 unspecified atom stereocenters. The summed E-state index contributed by atoms with van der Waals surface area (Å²) in [5.74, 6) is -1.25. The molecule has 0 amide bonds. The number of hydrogen-bond donors (Lipinski definition) is 1. The normalized spacial score (nSPS) is 11.1. The van der Waals surface area contributed by atoms with Crippen LogP contribution in [0.5, 0.6) is 0 Å². The second-order valence-electron chi connectivity index (χ2n) is 4.16. The van der Waals surface area contributed by atoms with Gasteiger partial charge in [-0.15, -0.1) is 0 Å². The lowest BCUT2D eigenvalue weighted by atomic mass is 10.1. The van der Waals surface area contributed by atoms with Gasteiger partial charge in [0.2, 0.25) is 0 Å². The minimum atomic E-state index is -0.913. The molecule has 0 atom stereocenters. The third kappa shape index (κ3) is 1.57. The molecule has 0 spiro atoms. The van der Waals surface area contributed by atoms with Crippen LogP contribution in [0.4, 0.5) is 8.78 Å². The lowest BCUT2D eigenvalue weighted by molar-refractivity contribution is 0.515. The van der Waals surface area contributed by atoms with E-state index >= 15 is 0 Å². The van der Waals surface area contributed by atoms with Gasteiger partial charge < -0.3 is 4.98 Å². The van der Waals surface area contributed by atoms with Crippen molar-refractivity contribution in [1.29, 1.82) is 0 Å². The lowest BCUT2D eigenvalue weighted by Crippen LogP contribution is -1.85. The average Bonchev–Trinajstić information content (AvgIpc) is 2.79. The van der Waals surface area contributed by atoms with Gasteiger partial charge >= 0.3 is 0 Å². The van der Waals surface area contributed by atoms with Crippen molar-refractivity contribution >= 4 is 11.0 Å². The Balaban J connectivity index is 2.26. The van der Waals surface area contributed by atoms with Crippen LogP contribution in [-0.4, -0.2) is 9.97 Å². The number of nitrogens with zero attached hydrogens (tertiary/aromatic N) is 1. The molecule has 0 radical (unpaired) electrons. The third-order valence-electron chi connectivity index (χ3n) is 2.95. The van der Waals surface area contributed by atoms with E-state index in [1.807, 2.05) is 31.2 Å². The number of aromatic nitrogens is 2. The fourth-order valence-corrected chi connectivity index (χ4v) is 1.98. The number of hydrogen-bond acceptors (Lipinski definition) is 1. The first-order chi connectivity index (χ1) is 8.66. The summed E-state index contributed by atoms with van der Waals surface area (Å²) in [5.41, 5.74) is 2.44. The molecule has 1 N–H and O–H groups in total. The quantitative estimate of drug-likeness (QED) is 0.692. The standard InChI is InChI=1S/C14H10F2N2/c1-8-4-2-3-5-9(8)14-17-11-7-6-10(15)12(16)13(11)18-14/h2-7H,1H3,(H,17,18). The van der Waals surface area contributed by atoms with Gasteiger partial charge in [0.05, 0.1) is 5.52 Å². The van der Waals surface area contributed by atoms with Crippen LogP contribution in [0.15, 0.2) is 36.4 Å². The summed E-state index contributed by atoms with van der Waals surface area (Å²) < 4.78 is 26.7. The number of imidazole rings is 1. The van der Waals surface area contributed by atoms with E-state index in [9.17, 15) is 8.78 Å². The largest absolute Gasteiger partial charge is 0.338 e. The smallest absolute Gasteiger partial charge is 0.186 e. The summed E-state index contributed by atoms with van der Waals surface area (Å²) in [4.78, 5) is 7.14. The Morgan fingerprint density at radius 1 is 1.06 bits per heavy atom. The van der Waals surface area contributed by atoms with Gasteiger partial charge in [-0.25, -0.2) is 13.8 Å². The van der Waals surface area contributed by atoms with Crippen molar-refractivity contribution in [3.8, 4) is 11.4 Å². The minimum absolute atomic E-state index is 0.0354. The molecule has 2 aromatic carbocycles. The summed E-state index contributed by atoms with van der Waals surface area (Å²) in [5, 5.41) is 0. The average molecular weight is 244 g/mol.